The van der Waals surface area contributed by atoms with Gasteiger partial charge in [-0.2, -0.15) is 0 Å². The summed E-state index contributed by atoms with van der Waals surface area (Å²) in [6, 6.07) is 5.96. The molecule has 0 aromatic heterocycles. The fraction of sp³-hybridized carbons (Fsp3) is 0.300. The van der Waals surface area contributed by atoms with Crippen LogP contribution in [0.5, 0.6) is 0 Å². The molecule has 0 atom stereocenters. The van der Waals surface area contributed by atoms with E-state index in [9.17, 15) is 0 Å². The largest absolute Gasteiger partial charge is 0.383 e. The Morgan fingerprint density at radius 2 is 2.08 bits per heavy atom. The van der Waals surface area contributed by atoms with Crippen LogP contribution in [0.4, 0.5) is 11.4 Å². The van der Waals surface area contributed by atoms with Gasteiger partial charge in [-0.25, -0.2) is 0 Å². The minimum absolute atomic E-state index is 0.951. The smallest absolute Gasteiger partial charge is 0.0664 e. The maximum Gasteiger partial charge on any atom is 0.0664 e. The Morgan fingerprint density at radius 3 is 2.92 bits per heavy atom. The molecule has 0 spiro atoms. The highest BCUT2D eigenvalue weighted by Gasteiger charge is 2.08. The molecule has 0 saturated carbocycles. The zero-order valence-electron chi connectivity index (χ0n) is 7.43. The van der Waals surface area contributed by atoms with E-state index < -0.39 is 0 Å². The highest BCUT2D eigenvalue weighted by Crippen LogP contribution is 2.26. The number of hydrogen-bond acceptors (Lipinski definition) is 3. The van der Waals surface area contributed by atoms with Gasteiger partial charge in [0.1, 0.15) is 0 Å². The minimum atomic E-state index is 0.951. The molecule has 0 fully saturated rings. The van der Waals surface area contributed by atoms with Gasteiger partial charge in [-0.3, -0.25) is 0 Å². The SMILES string of the molecule is N=Cc1cccc2c1NCCCN2. The summed E-state index contributed by atoms with van der Waals surface area (Å²) in [5, 5.41) is 13.9. The van der Waals surface area contributed by atoms with Crippen molar-refractivity contribution in [3.8, 4) is 0 Å². The first kappa shape index (κ1) is 8.10. The number of benzene rings is 1. The Morgan fingerprint density at radius 1 is 1.23 bits per heavy atom. The van der Waals surface area contributed by atoms with E-state index in [4.69, 9.17) is 5.41 Å². The van der Waals surface area contributed by atoms with Crippen LogP contribution in [0.2, 0.25) is 0 Å². The molecule has 1 heterocycles. The van der Waals surface area contributed by atoms with Crippen LogP contribution >= 0.6 is 0 Å². The van der Waals surface area contributed by atoms with Crippen LogP contribution in [-0.4, -0.2) is 19.3 Å². The average molecular weight is 175 g/mol. The highest BCUT2D eigenvalue weighted by atomic mass is 15.0. The number of nitrogens with one attached hydrogen (secondary N) is 3. The molecule has 2 rings (SSSR count). The van der Waals surface area contributed by atoms with Gasteiger partial charge < -0.3 is 16.0 Å². The number of hydrogen-bond donors (Lipinski definition) is 3. The van der Waals surface area contributed by atoms with Crippen molar-refractivity contribution in [3.05, 3.63) is 23.8 Å². The number of para-hydroxylation sites is 1. The monoisotopic (exact) mass is 175 g/mol. The van der Waals surface area contributed by atoms with Crippen LogP contribution in [0.3, 0.4) is 0 Å². The molecule has 3 N–H and O–H groups in total. The van der Waals surface area contributed by atoms with Crippen molar-refractivity contribution >= 4 is 17.6 Å². The predicted octanol–water partition coefficient (Wildman–Crippen LogP) is 1.91. The van der Waals surface area contributed by atoms with Gasteiger partial charge in [0, 0.05) is 24.9 Å². The summed E-state index contributed by atoms with van der Waals surface area (Å²) in [5.74, 6) is 0. The molecule has 1 aromatic rings. The van der Waals surface area contributed by atoms with E-state index in [1.54, 1.807) is 0 Å². The van der Waals surface area contributed by atoms with E-state index in [1.807, 2.05) is 18.2 Å². The number of fused-ring (bicyclic) bond motifs is 1. The first-order valence-corrected chi connectivity index (χ1v) is 4.53. The summed E-state index contributed by atoms with van der Waals surface area (Å²) < 4.78 is 0. The summed E-state index contributed by atoms with van der Waals surface area (Å²) in [4.78, 5) is 0. The van der Waals surface area contributed by atoms with Gasteiger partial charge >= 0.3 is 0 Å². The van der Waals surface area contributed by atoms with E-state index in [2.05, 4.69) is 10.6 Å². The van der Waals surface area contributed by atoms with Crippen molar-refractivity contribution < 1.29 is 0 Å². The molecular weight excluding hydrogens is 162 g/mol. The second-order valence-corrected chi connectivity index (χ2v) is 3.12. The molecule has 3 nitrogen and oxygen atoms in total. The molecule has 68 valence electrons. The lowest BCUT2D eigenvalue weighted by molar-refractivity contribution is 0.928. The molecular formula is C10H13N3. The van der Waals surface area contributed by atoms with Gasteiger partial charge in [0.25, 0.3) is 0 Å². The first-order chi connectivity index (χ1) is 6.42. The Labute approximate surface area is 77.7 Å². The summed E-state index contributed by atoms with van der Waals surface area (Å²) in [5.41, 5.74) is 3.13. The maximum atomic E-state index is 7.26. The second kappa shape index (κ2) is 3.47. The van der Waals surface area contributed by atoms with E-state index in [0.717, 1.165) is 36.4 Å². The zero-order valence-corrected chi connectivity index (χ0v) is 7.43. The Bertz CT molecular complexity index is 320. The number of rotatable bonds is 1. The van der Waals surface area contributed by atoms with Crippen LogP contribution in [0.15, 0.2) is 18.2 Å². The quantitative estimate of drug-likeness (QED) is 0.571. The fourth-order valence-corrected chi connectivity index (χ4v) is 1.56. The van der Waals surface area contributed by atoms with Crippen molar-refractivity contribution in [1.29, 1.82) is 5.41 Å². The van der Waals surface area contributed by atoms with Crippen LogP contribution in [-0.2, 0) is 0 Å². The lowest BCUT2D eigenvalue weighted by Crippen LogP contribution is -2.02. The average Bonchev–Trinajstić information content (AvgIpc) is 2.41. The molecule has 1 aliphatic heterocycles. The van der Waals surface area contributed by atoms with Crippen molar-refractivity contribution in [1.82, 2.24) is 0 Å². The van der Waals surface area contributed by atoms with Gasteiger partial charge in [-0.05, 0) is 12.5 Å². The summed E-state index contributed by atoms with van der Waals surface area (Å²) >= 11 is 0. The summed E-state index contributed by atoms with van der Waals surface area (Å²) in [6.45, 7) is 1.98. The maximum absolute atomic E-state index is 7.26. The lowest BCUT2D eigenvalue weighted by Gasteiger charge is -2.10. The Balaban J connectivity index is 2.45. The first-order valence-electron chi connectivity index (χ1n) is 4.53. The number of anilines is 2. The van der Waals surface area contributed by atoms with Gasteiger partial charge in [-0.1, -0.05) is 12.1 Å². The molecule has 13 heavy (non-hydrogen) atoms. The van der Waals surface area contributed by atoms with Crippen LogP contribution < -0.4 is 10.6 Å². The van der Waals surface area contributed by atoms with Gasteiger partial charge in [0.15, 0.2) is 0 Å². The van der Waals surface area contributed by atoms with Crippen LogP contribution in [0, 0.1) is 5.41 Å². The molecule has 0 amide bonds. The molecule has 0 saturated heterocycles. The molecule has 3 heteroatoms. The minimum Gasteiger partial charge on any atom is -0.383 e. The topological polar surface area (TPSA) is 47.9 Å². The zero-order chi connectivity index (χ0) is 9.10. The third kappa shape index (κ3) is 1.49. The lowest BCUT2D eigenvalue weighted by atomic mass is 10.1. The van der Waals surface area contributed by atoms with E-state index >= 15 is 0 Å². The van der Waals surface area contributed by atoms with Crippen molar-refractivity contribution in [2.45, 2.75) is 6.42 Å². The molecule has 0 radical (unpaired) electrons. The van der Waals surface area contributed by atoms with Crippen LogP contribution in [0.1, 0.15) is 12.0 Å². The van der Waals surface area contributed by atoms with Crippen LogP contribution in [0.25, 0.3) is 0 Å². The van der Waals surface area contributed by atoms with E-state index in [0.29, 0.717) is 0 Å². The Kier molecular flexibility index (Phi) is 2.17. The normalized spacial score (nSPS) is 14.8. The van der Waals surface area contributed by atoms with Gasteiger partial charge in [0.2, 0.25) is 0 Å². The van der Waals surface area contributed by atoms with Crippen molar-refractivity contribution in [2.75, 3.05) is 23.7 Å². The third-order valence-electron chi connectivity index (χ3n) is 2.22. The van der Waals surface area contributed by atoms with E-state index in [1.165, 1.54) is 6.21 Å². The molecule has 1 aromatic carbocycles. The molecule has 0 bridgehead atoms. The molecule has 0 unspecified atom stereocenters. The second-order valence-electron chi connectivity index (χ2n) is 3.12. The molecule has 0 aliphatic carbocycles. The van der Waals surface area contributed by atoms with Crippen molar-refractivity contribution in [3.63, 3.8) is 0 Å². The summed E-state index contributed by atoms with van der Waals surface area (Å²) in [7, 11) is 0. The highest BCUT2D eigenvalue weighted by molar-refractivity contribution is 5.91. The standard InChI is InChI=1S/C10H13N3/c11-7-8-3-1-4-9-10(8)13-6-2-5-12-9/h1,3-4,7,11-13H,2,5-6H2. The fourth-order valence-electron chi connectivity index (χ4n) is 1.56. The molecule has 1 aliphatic rings. The van der Waals surface area contributed by atoms with E-state index in [-0.39, 0.29) is 0 Å². The van der Waals surface area contributed by atoms with Gasteiger partial charge in [-0.15, -0.1) is 0 Å². The Hall–Kier alpha value is -1.51. The summed E-state index contributed by atoms with van der Waals surface area (Å²) in [6.07, 6.45) is 2.50. The van der Waals surface area contributed by atoms with Crippen molar-refractivity contribution in [2.24, 2.45) is 0 Å². The third-order valence-corrected chi connectivity index (χ3v) is 2.22. The van der Waals surface area contributed by atoms with Gasteiger partial charge in [0.05, 0.1) is 11.4 Å². The predicted molar refractivity (Wildman–Crippen MR) is 55.9 cm³/mol.